The van der Waals surface area contributed by atoms with Crippen LogP contribution < -0.4 is 5.84 Å². The van der Waals surface area contributed by atoms with E-state index >= 15 is 0 Å². The third-order valence-electron chi connectivity index (χ3n) is 1.70. The Kier molecular flexibility index (Phi) is 3.43. The Bertz CT molecular complexity index is 234. The highest BCUT2D eigenvalue weighted by molar-refractivity contribution is 5.77. The summed E-state index contributed by atoms with van der Waals surface area (Å²) in [5.41, 5.74) is 0.0394. The van der Waals surface area contributed by atoms with Gasteiger partial charge in [0.2, 0.25) is 0 Å². The van der Waals surface area contributed by atoms with Crippen molar-refractivity contribution in [2.75, 3.05) is 6.54 Å². The van der Waals surface area contributed by atoms with Gasteiger partial charge in [0.05, 0.1) is 0 Å². The molecule has 1 atom stereocenters. The molecular weight excluding hydrogens is 164 g/mol. The smallest absolute Gasteiger partial charge is 0.313 e. The lowest BCUT2D eigenvalue weighted by atomic mass is 10.1. The zero-order valence-electron chi connectivity index (χ0n) is 6.28. The summed E-state index contributed by atoms with van der Waals surface area (Å²) < 4.78 is 0. The molecule has 5 N–H and O–H groups in total. The van der Waals surface area contributed by atoms with E-state index in [1.54, 1.807) is 0 Å². The number of hydrogen-bond donors (Lipinski definition) is 2. The predicted molar refractivity (Wildman–Crippen MR) is 39.5 cm³/mol. The molecule has 0 aromatic heterocycles. The Balaban J connectivity index is 0.00000121. The van der Waals surface area contributed by atoms with E-state index < -0.39 is 11.9 Å². The van der Waals surface area contributed by atoms with Crippen LogP contribution in [0.3, 0.4) is 0 Å². The second kappa shape index (κ2) is 3.87. The van der Waals surface area contributed by atoms with Crippen molar-refractivity contribution in [2.24, 2.45) is 11.8 Å². The van der Waals surface area contributed by atoms with E-state index in [1.165, 1.54) is 5.94 Å². The summed E-state index contributed by atoms with van der Waals surface area (Å²) in [5, 5.41) is 9.68. The molecule has 6 heteroatoms. The molecular formula is C6H10N2O4. The van der Waals surface area contributed by atoms with Crippen molar-refractivity contribution in [3.05, 3.63) is 5.70 Å². The van der Waals surface area contributed by atoms with Crippen molar-refractivity contribution < 1.29 is 20.2 Å². The molecule has 0 aliphatic carbocycles. The maximum Gasteiger partial charge on any atom is 0.313 e. The minimum atomic E-state index is -1.02. The van der Waals surface area contributed by atoms with Gasteiger partial charge in [-0.3, -0.25) is 4.79 Å². The van der Waals surface area contributed by atoms with Crippen LogP contribution in [0.2, 0.25) is 0 Å². The Morgan fingerprint density at radius 1 is 1.75 bits per heavy atom. The van der Waals surface area contributed by atoms with Crippen LogP contribution in [0.25, 0.3) is 0 Å². The van der Waals surface area contributed by atoms with Crippen LogP contribution in [0, 0.1) is 5.92 Å². The maximum absolute atomic E-state index is 10.4. The fraction of sp³-hybridized carbons (Fsp3) is 0.500. The first kappa shape index (κ1) is 10.6. The fourth-order valence-electron chi connectivity index (χ4n) is 1.10. The van der Waals surface area contributed by atoms with E-state index in [-0.39, 0.29) is 11.2 Å². The van der Waals surface area contributed by atoms with Crippen LogP contribution in [0.5, 0.6) is 0 Å². The summed E-state index contributed by atoms with van der Waals surface area (Å²) in [6.45, 7) is 0.404. The molecule has 1 rings (SSSR count). The van der Waals surface area contributed by atoms with Crippen molar-refractivity contribution in [1.82, 2.24) is 5.01 Å². The van der Waals surface area contributed by atoms with Crippen LogP contribution >= 0.6 is 0 Å². The van der Waals surface area contributed by atoms with Crippen molar-refractivity contribution in [3.63, 3.8) is 0 Å². The molecule has 12 heavy (non-hydrogen) atoms. The SMILES string of the molecule is NN1CCC(C(=O)O)C1=C=O.O. The minimum Gasteiger partial charge on any atom is -0.481 e. The van der Waals surface area contributed by atoms with Crippen LogP contribution in [0.1, 0.15) is 6.42 Å². The minimum absolute atomic E-state index is 0. The molecule has 1 unspecified atom stereocenters. The van der Waals surface area contributed by atoms with Gasteiger partial charge in [0.25, 0.3) is 0 Å². The first-order valence-electron chi connectivity index (χ1n) is 3.17. The summed E-state index contributed by atoms with van der Waals surface area (Å²) >= 11 is 0. The average molecular weight is 174 g/mol. The van der Waals surface area contributed by atoms with Gasteiger partial charge in [-0.05, 0) is 6.42 Å². The summed E-state index contributed by atoms with van der Waals surface area (Å²) in [5.74, 6) is 5.04. The van der Waals surface area contributed by atoms with Crippen LogP contribution in [-0.2, 0) is 9.59 Å². The van der Waals surface area contributed by atoms with E-state index in [0.29, 0.717) is 13.0 Å². The number of aliphatic carboxylic acids is 1. The highest BCUT2D eigenvalue weighted by Crippen LogP contribution is 2.22. The number of nitrogens with two attached hydrogens (primary N) is 1. The lowest BCUT2D eigenvalue weighted by Gasteiger charge is -2.08. The number of carboxylic acid groups (broad SMARTS) is 1. The van der Waals surface area contributed by atoms with Gasteiger partial charge in [-0.2, -0.15) is 0 Å². The Labute approximate surface area is 68.5 Å². The van der Waals surface area contributed by atoms with Crippen LogP contribution in [-0.4, -0.2) is 34.0 Å². The third-order valence-corrected chi connectivity index (χ3v) is 1.70. The molecule has 68 valence electrons. The quantitative estimate of drug-likeness (QED) is 0.358. The van der Waals surface area contributed by atoms with E-state index in [9.17, 15) is 9.59 Å². The topological polar surface area (TPSA) is 115 Å². The molecule has 0 aromatic rings. The zero-order chi connectivity index (χ0) is 8.43. The second-order valence-corrected chi connectivity index (χ2v) is 2.36. The van der Waals surface area contributed by atoms with Crippen LogP contribution in [0.4, 0.5) is 0 Å². The molecule has 0 aromatic carbocycles. The van der Waals surface area contributed by atoms with E-state index in [0.717, 1.165) is 5.01 Å². The van der Waals surface area contributed by atoms with Crippen molar-refractivity contribution >= 4 is 11.9 Å². The van der Waals surface area contributed by atoms with Gasteiger partial charge in [0.15, 0.2) is 0 Å². The number of nitrogens with zero attached hydrogens (tertiary/aromatic N) is 1. The van der Waals surface area contributed by atoms with Crippen molar-refractivity contribution in [2.45, 2.75) is 6.42 Å². The molecule has 0 radical (unpaired) electrons. The van der Waals surface area contributed by atoms with Gasteiger partial charge in [0, 0.05) is 6.54 Å². The third kappa shape index (κ3) is 1.62. The monoisotopic (exact) mass is 174 g/mol. The molecule has 1 aliphatic heterocycles. The van der Waals surface area contributed by atoms with E-state index in [2.05, 4.69) is 0 Å². The largest absolute Gasteiger partial charge is 0.481 e. The highest BCUT2D eigenvalue weighted by Gasteiger charge is 2.32. The van der Waals surface area contributed by atoms with Gasteiger partial charge >= 0.3 is 5.97 Å². The lowest BCUT2D eigenvalue weighted by Crippen LogP contribution is -2.28. The molecule has 0 saturated carbocycles. The summed E-state index contributed by atoms with van der Waals surface area (Å²) in [6.07, 6.45) is 0.385. The number of carboxylic acids is 1. The molecule has 0 spiro atoms. The summed E-state index contributed by atoms with van der Waals surface area (Å²) in [4.78, 5) is 20.6. The molecule has 1 heterocycles. The number of carbonyl (C=O) groups is 1. The number of carbonyl (C=O) groups excluding carboxylic acids is 1. The highest BCUT2D eigenvalue weighted by atomic mass is 16.4. The molecule has 1 fully saturated rings. The standard InChI is InChI=1S/C6H8N2O3.H2O/c7-8-2-1-4(6(10)11)5(8)3-9;/h4H,1-2,7H2,(H,10,11);1H2. The molecule has 1 aliphatic rings. The molecule has 1 saturated heterocycles. The summed E-state index contributed by atoms with van der Waals surface area (Å²) in [7, 11) is 0. The maximum atomic E-state index is 10.4. The van der Waals surface area contributed by atoms with Gasteiger partial charge in [-0.15, -0.1) is 0 Å². The van der Waals surface area contributed by atoms with Gasteiger partial charge in [-0.1, -0.05) is 0 Å². The fourth-order valence-corrected chi connectivity index (χ4v) is 1.10. The number of rotatable bonds is 1. The van der Waals surface area contributed by atoms with Gasteiger partial charge in [0.1, 0.15) is 17.6 Å². The lowest BCUT2D eigenvalue weighted by molar-refractivity contribution is -0.140. The summed E-state index contributed by atoms with van der Waals surface area (Å²) in [6, 6.07) is 0. The Morgan fingerprint density at radius 3 is 2.67 bits per heavy atom. The van der Waals surface area contributed by atoms with Crippen molar-refractivity contribution in [3.8, 4) is 0 Å². The first-order chi connectivity index (χ1) is 5.16. The number of hydrazine groups is 1. The normalized spacial score (nSPS) is 21.6. The molecule has 0 amide bonds. The molecule has 0 bridgehead atoms. The van der Waals surface area contributed by atoms with Gasteiger partial charge in [-0.25, -0.2) is 10.6 Å². The predicted octanol–water partition coefficient (Wildman–Crippen LogP) is -1.84. The first-order valence-corrected chi connectivity index (χ1v) is 3.17. The average Bonchev–Trinajstić information content (AvgIpc) is 2.30. The Morgan fingerprint density at radius 2 is 2.33 bits per heavy atom. The molecule has 6 nitrogen and oxygen atoms in total. The second-order valence-electron chi connectivity index (χ2n) is 2.36. The van der Waals surface area contributed by atoms with E-state index in [1.807, 2.05) is 0 Å². The zero-order valence-corrected chi connectivity index (χ0v) is 6.28. The van der Waals surface area contributed by atoms with Crippen LogP contribution in [0.15, 0.2) is 5.70 Å². The van der Waals surface area contributed by atoms with Gasteiger partial charge < -0.3 is 15.6 Å². The Hall–Kier alpha value is -1.36. The van der Waals surface area contributed by atoms with E-state index in [4.69, 9.17) is 10.9 Å². The van der Waals surface area contributed by atoms with Crippen molar-refractivity contribution in [1.29, 1.82) is 0 Å². The number of hydrogen-bond acceptors (Lipinski definition) is 4.